The summed E-state index contributed by atoms with van der Waals surface area (Å²) >= 11 is 0. The van der Waals surface area contributed by atoms with Gasteiger partial charge >= 0.3 is 5.97 Å². The number of carbonyl (C=O) groups excluding carboxylic acids is 2. The average Bonchev–Trinajstić information content (AvgIpc) is 2.88. The third kappa shape index (κ3) is 4.02. The number of ether oxygens (including phenoxy) is 1. The number of rotatable bonds is 5. The number of esters is 1. The normalized spacial score (nSPS) is 19.2. The van der Waals surface area contributed by atoms with Crippen molar-refractivity contribution in [2.75, 3.05) is 7.11 Å². The zero-order chi connectivity index (χ0) is 15.3. The molecule has 0 saturated heterocycles. The Bertz CT molecular complexity index is 370. The lowest BCUT2D eigenvalue weighted by Crippen LogP contribution is -2.53. The van der Waals surface area contributed by atoms with Crippen LogP contribution in [0.4, 0.5) is 0 Å². The van der Waals surface area contributed by atoms with Gasteiger partial charge in [-0.2, -0.15) is 5.11 Å². The molecule has 2 N–H and O–H groups in total. The summed E-state index contributed by atoms with van der Waals surface area (Å²) in [6, 6.07) is -1.42. The molecular formula is C14H25N3O3. The monoisotopic (exact) mass is 283 g/mol. The van der Waals surface area contributed by atoms with Gasteiger partial charge in [-0.1, -0.05) is 33.6 Å². The molecule has 0 aromatic rings. The van der Waals surface area contributed by atoms with Gasteiger partial charge < -0.3 is 10.1 Å². The third-order valence-corrected chi connectivity index (χ3v) is 3.84. The van der Waals surface area contributed by atoms with E-state index in [2.05, 4.69) is 10.4 Å². The lowest BCUT2D eigenvalue weighted by atomic mass is 9.86. The Morgan fingerprint density at radius 3 is 2.25 bits per heavy atom. The minimum atomic E-state index is -0.731. The Hall–Kier alpha value is -1.46. The Morgan fingerprint density at radius 2 is 1.85 bits per heavy atom. The second kappa shape index (κ2) is 6.81. The first-order valence-electron chi connectivity index (χ1n) is 7.06. The van der Waals surface area contributed by atoms with Crippen LogP contribution in [0.5, 0.6) is 0 Å². The summed E-state index contributed by atoms with van der Waals surface area (Å²) < 4.78 is 4.75. The summed E-state index contributed by atoms with van der Waals surface area (Å²) in [5.74, 6) is -0.705. The van der Waals surface area contributed by atoms with Gasteiger partial charge in [0.05, 0.1) is 7.11 Å². The van der Waals surface area contributed by atoms with Crippen molar-refractivity contribution in [3.05, 3.63) is 0 Å². The molecule has 1 saturated carbocycles. The van der Waals surface area contributed by atoms with Gasteiger partial charge in [-0.25, -0.2) is 10.3 Å². The standard InChI is InChI=1S/C14H25N3O3/c1-14(2,3)11(13(19)20-4)16-12(18)10(17-15)9-7-5-6-8-9/h9-11,15H,5-8H2,1-4H3,(H,16,18)/t10-,11+/m0/s1. The van der Waals surface area contributed by atoms with Crippen LogP contribution in [0.15, 0.2) is 5.11 Å². The van der Waals surface area contributed by atoms with Crippen molar-refractivity contribution in [2.45, 2.75) is 58.5 Å². The van der Waals surface area contributed by atoms with Gasteiger partial charge in [0, 0.05) is 0 Å². The fraction of sp³-hybridized carbons (Fsp3) is 0.857. The summed E-state index contributed by atoms with van der Waals surface area (Å²) in [6.07, 6.45) is 3.98. The number of nitrogens with one attached hydrogen (secondary N) is 2. The molecule has 20 heavy (non-hydrogen) atoms. The molecule has 2 atom stereocenters. The lowest BCUT2D eigenvalue weighted by Gasteiger charge is -2.30. The number of hydrogen-bond acceptors (Lipinski definition) is 5. The Kier molecular flexibility index (Phi) is 5.65. The van der Waals surface area contributed by atoms with E-state index in [0.717, 1.165) is 25.7 Å². The van der Waals surface area contributed by atoms with Crippen LogP contribution in [-0.2, 0) is 14.3 Å². The van der Waals surface area contributed by atoms with Crippen molar-refractivity contribution < 1.29 is 14.3 Å². The highest BCUT2D eigenvalue weighted by Gasteiger charge is 2.37. The molecule has 114 valence electrons. The highest BCUT2D eigenvalue weighted by Crippen LogP contribution is 2.30. The van der Waals surface area contributed by atoms with Crippen molar-refractivity contribution in [3.8, 4) is 0 Å². The zero-order valence-electron chi connectivity index (χ0n) is 12.7. The van der Waals surface area contributed by atoms with Gasteiger partial charge in [0.25, 0.3) is 0 Å². The SMILES string of the molecule is COC(=O)[C@@H](NC(=O)[C@@H](N=N)C1CCCC1)C(C)(C)C. The zero-order valence-corrected chi connectivity index (χ0v) is 12.7. The summed E-state index contributed by atoms with van der Waals surface area (Å²) in [4.78, 5) is 24.1. The molecule has 0 heterocycles. The second-order valence-corrected chi connectivity index (χ2v) is 6.45. The van der Waals surface area contributed by atoms with E-state index >= 15 is 0 Å². The van der Waals surface area contributed by atoms with Crippen molar-refractivity contribution in [1.29, 1.82) is 5.53 Å². The van der Waals surface area contributed by atoms with E-state index in [1.807, 2.05) is 20.8 Å². The van der Waals surface area contributed by atoms with Crippen LogP contribution in [0.1, 0.15) is 46.5 Å². The first-order valence-corrected chi connectivity index (χ1v) is 7.06. The van der Waals surface area contributed by atoms with Gasteiger partial charge in [0.15, 0.2) is 6.04 Å². The minimum absolute atomic E-state index is 0.116. The quantitative estimate of drug-likeness (QED) is 0.599. The number of nitrogens with zero attached hydrogens (tertiary/aromatic N) is 1. The van der Waals surface area contributed by atoms with Crippen LogP contribution in [0.3, 0.4) is 0 Å². The van der Waals surface area contributed by atoms with Gasteiger partial charge in [0.1, 0.15) is 6.04 Å². The molecule has 0 aliphatic heterocycles. The molecule has 0 radical (unpaired) electrons. The molecule has 0 bridgehead atoms. The van der Waals surface area contributed by atoms with Crippen molar-refractivity contribution in [3.63, 3.8) is 0 Å². The van der Waals surface area contributed by atoms with Gasteiger partial charge in [0.2, 0.25) is 5.91 Å². The molecule has 0 aromatic heterocycles. The highest BCUT2D eigenvalue weighted by atomic mass is 16.5. The predicted molar refractivity (Wildman–Crippen MR) is 74.3 cm³/mol. The first kappa shape index (κ1) is 16.6. The molecule has 0 spiro atoms. The smallest absolute Gasteiger partial charge is 0.328 e. The molecular weight excluding hydrogens is 258 g/mol. The summed E-state index contributed by atoms with van der Waals surface area (Å²) in [6.45, 7) is 5.58. The molecule has 1 fully saturated rings. The molecule has 0 aromatic carbocycles. The third-order valence-electron chi connectivity index (χ3n) is 3.84. The maximum absolute atomic E-state index is 12.3. The van der Waals surface area contributed by atoms with Crippen LogP contribution < -0.4 is 5.32 Å². The number of carbonyl (C=O) groups is 2. The van der Waals surface area contributed by atoms with E-state index in [4.69, 9.17) is 10.3 Å². The fourth-order valence-electron chi connectivity index (χ4n) is 2.63. The lowest BCUT2D eigenvalue weighted by molar-refractivity contribution is -0.148. The van der Waals surface area contributed by atoms with Crippen molar-refractivity contribution in [2.24, 2.45) is 16.4 Å². The maximum atomic E-state index is 12.3. The predicted octanol–water partition coefficient (Wildman–Crippen LogP) is 2.28. The minimum Gasteiger partial charge on any atom is -0.467 e. The van der Waals surface area contributed by atoms with Crippen LogP contribution in [-0.4, -0.2) is 31.1 Å². The highest BCUT2D eigenvalue weighted by molar-refractivity contribution is 5.88. The number of hydrogen-bond donors (Lipinski definition) is 2. The number of methoxy groups -OCH3 is 1. The average molecular weight is 283 g/mol. The molecule has 0 unspecified atom stereocenters. The van der Waals surface area contributed by atoms with E-state index in [-0.39, 0.29) is 11.8 Å². The van der Waals surface area contributed by atoms with Crippen LogP contribution in [0.2, 0.25) is 0 Å². The summed E-state index contributed by atoms with van der Waals surface area (Å²) in [7, 11) is 1.30. The van der Waals surface area contributed by atoms with E-state index in [1.54, 1.807) is 0 Å². The number of amides is 1. The molecule has 6 heteroatoms. The van der Waals surface area contributed by atoms with Gasteiger partial charge in [-0.05, 0) is 24.2 Å². The van der Waals surface area contributed by atoms with Crippen LogP contribution in [0, 0.1) is 16.9 Å². The first-order chi connectivity index (χ1) is 9.31. The molecule has 1 rings (SSSR count). The topological polar surface area (TPSA) is 91.6 Å². The molecule has 1 aliphatic rings. The largest absolute Gasteiger partial charge is 0.467 e. The molecule has 1 aliphatic carbocycles. The second-order valence-electron chi connectivity index (χ2n) is 6.45. The molecule has 6 nitrogen and oxygen atoms in total. The van der Waals surface area contributed by atoms with E-state index < -0.39 is 23.5 Å². The van der Waals surface area contributed by atoms with Crippen LogP contribution >= 0.6 is 0 Å². The Morgan fingerprint density at radius 1 is 1.30 bits per heavy atom. The summed E-state index contributed by atoms with van der Waals surface area (Å²) in [5.41, 5.74) is 6.80. The fourth-order valence-corrected chi connectivity index (χ4v) is 2.63. The van der Waals surface area contributed by atoms with E-state index in [1.165, 1.54) is 7.11 Å². The van der Waals surface area contributed by atoms with Gasteiger partial charge in [-0.3, -0.25) is 4.79 Å². The maximum Gasteiger partial charge on any atom is 0.328 e. The van der Waals surface area contributed by atoms with Crippen LogP contribution in [0.25, 0.3) is 0 Å². The van der Waals surface area contributed by atoms with E-state index in [9.17, 15) is 9.59 Å². The Balaban J connectivity index is 2.78. The van der Waals surface area contributed by atoms with Crippen molar-refractivity contribution >= 4 is 11.9 Å². The summed E-state index contributed by atoms with van der Waals surface area (Å²) in [5, 5.41) is 6.18. The van der Waals surface area contributed by atoms with E-state index in [0.29, 0.717) is 0 Å². The van der Waals surface area contributed by atoms with Gasteiger partial charge in [-0.15, -0.1) is 0 Å². The Labute approximate surface area is 120 Å². The molecule has 1 amide bonds. The van der Waals surface area contributed by atoms with Crippen molar-refractivity contribution in [1.82, 2.24) is 5.32 Å².